The first-order valence-electron chi connectivity index (χ1n) is 6.65. The Hall–Kier alpha value is -0.640. The van der Waals surface area contributed by atoms with Crippen LogP contribution in [0.3, 0.4) is 0 Å². The molecule has 1 aliphatic carbocycles. The molecule has 0 saturated heterocycles. The second-order valence-electron chi connectivity index (χ2n) is 5.19. The summed E-state index contributed by atoms with van der Waals surface area (Å²) in [6.07, 6.45) is 2.87. The molecule has 0 aromatic carbocycles. The van der Waals surface area contributed by atoms with Crippen molar-refractivity contribution in [3.8, 4) is 0 Å². The van der Waals surface area contributed by atoms with E-state index in [-0.39, 0.29) is 0 Å². The van der Waals surface area contributed by atoms with E-state index in [1.165, 1.54) is 22.6 Å². The molecule has 0 bridgehead atoms. The lowest BCUT2D eigenvalue weighted by atomic mass is 10.1. The zero-order valence-corrected chi connectivity index (χ0v) is 12.3. The Morgan fingerprint density at radius 2 is 1.78 bits per heavy atom. The minimum atomic E-state index is 0.395. The fraction of sp³-hybridized carbons (Fsp3) is 0.467. The van der Waals surface area contributed by atoms with Gasteiger partial charge in [-0.1, -0.05) is 19.1 Å². The summed E-state index contributed by atoms with van der Waals surface area (Å²) >= 11 is 3.70. The average Bonchev–Trinajstić information content (AvgIpc) is 2.89. The van der Waals surface area contributed by atoms with Crippen molar-refractivity contribution in [2.45, 2.75) is 25.8 Å². The molecule has 3 rings (SSSR count). The summed E-state index contributed by atoms with van der Waals surface area (Å²) in [5, 5.41) is 8.10. The molecule has 0 amide bonds. The SMILES string of the molecule is CC(CNC(c1cccs1)c1cccs1)C1CC1. The molecule has 3 heteroatoms. The smallest absolute Gasteiger partial charge is 0.0764 e. The molecule has 2 heterocycles. The van der Waals surface area contributed by atoms with Gasteiger partial charge in [-0.05, 0) is 54.1 Å². The summed E-state index contributed by atoms with van der Waals surface area (Å²) in [5.41, 5.74) is 0. The molecule has 0 spiro atoms. The van der Waals surface area contributed by atoms with E-state index in [2.05, 4.69) is 47.3 Å². The molecule has 1 nitrogen and oxygen atoms in total. The van der Waals surface area contributed by atoms with E-state index in [0.717, 1.165) is 18.4 Å². The van der Waals surface area contributed by atoms with Gasteiger partial charge in [0.1, 0.15) is 0 Å². The Kier molecular flexibility index (Phi) is 3.83. The first-order valence-corrected chi connectivity index (χ1v) is 8.40. The molecule has 1 N–H and O–H groups in total. The van der Waals surface area contributed by atoms with Crippen LogP contribution in [-0.2, 0) is 0 Å². The van der Waals surface area contributed by atoms with Crippen molar-refractivity contribution >= 4 is 22.7 Å². The van der Waals surface area contributed by atoms with E-state index >= 15 is 0 Å². The van der Waals surface area contributed by atoms with E-state index in [4.69, 9.17) is 0 Å². The van der Waals surface area contributed by atoms with E-state index in [0.29, 0.717) is 6.04 Å². The third-order valence-corrected chi connectivity index (χ3v) is 5.60. The molecule has 1 unspecified atom stereocenters. The Morgan fingerprint density at radius 3 is 2.22 bits per heavy atom. The van der Waals surface area contributed by atoms with Crippen molar-refractivity contribution in [3.63, 3.8) is 0 Å². The van der Waals surface area contributed by atoms with Gasteiger partial charge in [-0.15, -0.1) is 22.7 Å². The summed E-state index contributed by atoms with van der Waals surface area (Å²) in [4.78, 5) is 2.86. The molecule has 96 valence electrons. The van der Waals surface area contributed by atoms with E-state index in [1.807, 2.05) is 22.7 Å². The molecule has 1 saturated carbocycles. The molecule has 2 aromatic rings. The number of nitrogens with one attached hydrogen (secondary N) is 1. The second-order valence-corrected chi connectivity index (χ2v) is 7.15. The van der Waals surface area contributed by atoms with Crippen LogP contribution in [-0.4, -0.2) is 6.54 Å². The predicted octanol–water partition coefficient (Wildman–Crippen LogP) is 4.53. The van der Waals surface area contributed by atoms with Crippen LogP contribution in [0.4, 0.5) is 0 Å². The van der Waals surface area contributed by atoms with Crippen LogP contribution in [0.5, 0.6) is 0 Å². The van der Waals surface area contributed by atoms with Gasteiger partial charge in [-0.2, -0.15) is 0 Å². The van der Waals surface area contributed by atoms with Crippen LogP contribution < -0.4 is 5.32 Å². The number of rotatable bonds is 6. The van der Waals surface area contributed by atoms with Gasteiger partial charge in [-0.25, -0.2) is 0 Å². The lowest BCUT2D eigenvalue weighted by Gasteiger charge is -2.19. The maximum atomic E-state index is 3.77. The molecule has 0 radical (unpaired) electrons. The van der Waals surface area contributed by atoms with Crippen molar-refractivity contribution in [1.82, 2.24) is 5.32 Å². The highest BCUT2D eigenvalue weighted by Crippen LogP contribution is 2.37. The van der Waals surface area contributed by atoms with E-state index in [9.17, 15) is 0 Å². The molecular weight excluding hydrogens is 258 g/mol. The van der Waals surface area contributed by atoms with E-state index < -0.39 is 0 Å². The van der Waals surface area contributed by atoms with Crippen molar-refractivity contribution in [2.24, 2.45) is 11.8 Å². The fourth-order valence-corrected chi connectivity index (χ4v) is 4.10. The quantitative estimate of drug-likeness (QED) is 0.817. The van der Waals surface area contributed by atoms with Crippen molar-refractivity contribution in [3.05, 3.63) is 44.8 Å². The number of hydrogen-bond acceptors (Lipinski definition) is 3. The minimum absolute atomic E-state index is 0.395. The number of hydrogen-bond donors (Lipinski definition) is 1. The van der Waals surface area contributed by atoms with Crippen LogP contribution in [0.25, 0.3) is 0 Å². The average molecular weight is 277 g/mol. The van der Waals surface area contributed by atoms with Crippen molar-refractivity contribution in [2.75, 3.05) is 6.54 Å². The van der Waals surface area contributed by atoms with Gasteiger partial charge in [0.05, 0.1) is 6.04 Å². The third kappa shape index (κ3) is 2.85. The normalized spacial score (nSPS) is 17.2. The van der Waals surface area contributed by atoms with Gasteiger partial charge >= 0.3 is 0 Å². The summed E-state index contributed by atoms with van der Waals surface area (Å²) in [5.74, 6) is 1.79. The fourth-order valence-electron chi connectivity index (χ4n) is 2.39. The first kappa shape index (κ1) is 12.4. The van der Waals surface area contributed by atoms with Gasteiger partial charge < -0.3 is 5.32 Å². The first-order chi connectivity index (χ1) is 8.84. The minimum Gasteiger partial charge on any atom is -0.305 e. The van der Waals surface area contributed by atoms with Gasteiger partial charge in [0.2, 0.25) is 0 Å². The Bertz CT molecular complexity index is 422. The van der Waals surface area contributed by atoms with Gasteiger partial charge in [0.15, 0.2) is 0 Å². The van der Waals surface area contributed by atoms with Crippen LogP contribution in [0.1, 0.15) is 35.6 Å². The summed E-state index contributed by atoms with van der Waals surface area (Å²) < 4.78 is 0. The Morgan fingerprint density at radius 1 is 1.17 bits per heavy atom. The van der Waals surface area contributed by atoms with Crippen LogP contribution in [0.2, 0.25) is 0 Å². The standard InChI is InChI=1S/C15H19NS2/c1-11(12-6-7-12)10-16-15(13-4-2-8-17-13)14-5-3-9-18-14/h2-5,8-9,11-12,15-16H,6-7,10H2,1H3. The second kappa shape index (κ2) is 5.55. The lowest BCUT2D eigenvalue weighted by Crippen LogP contribution is -2.26. The summed E-state index contributed by atoms with van der Waals surface area (Å²) in [6.45, 7) is 3.51. The van der Waals surface area contributed by atoms with Crippen molar-refractivity contribution < 1.29 is 0 Å². The van der Waals surface area contributed by atoms with Crippen LogP contribution in [0, 0.1) is 11.8 Å². The zero-order valence-electron chi connectivity index (χ0n) is 10.6. The molecular formula is C15H19NS2. The lowest BCUT2D eigenvalue weighted by molar-refractivity contribution is 0.445. The molecule has 1 atom stereocenters. The van der Waals surface area contributed by atoms with Crippen LogP contribution >= 0.6 is 22.7 Å². The topological polar surface area (TPSA) is 12.0 Å². The van der Waals surface area contributed by atoms with Gasteiger partial charge in [0.25, 0.3) is 0 Å². The molecule has 2 aromatic heterocycles. The predicted molar refractivity (Wildman–Crippen MR) is 80.4 cm³/mol. The summed E-state index contributed by atoms with van der Waals surface area (Å²) in [7, 11) is 0. The highest BCUT2D eigenvalue weighted by Gasteiger charge is 2.28. The van der Waals surface area contributed by atoms with Gasteiger partial charge in [0, 0.05) is 9.75 Å². The van der Waals surface area contributed by atoms with Crippen LogP contribution in [0.15, 0.2) is 35.0 Å². The highest BCUT2D eigenvalue weighted by molar-refractivity contribution is 7.11. The molecule has 0 aliphatic heterocycles. The van der Waals surface area contributed by atoms with Crippen molar-refractivity contribution in [1.29, 1.82) is 0 Å². The highest BCUT2D eigenvalue weighted by atomic mass is 32.1. The molecule has 1 fully saturated rings. The Balaban J connectivity index is 1.69. The maximum Gasteiger partial charge on any atom is 0.0764 e. The molecule has 1 aliphatic rings. The summed E-state index contributed by atoms with van der Waals surface area (Å²) in [6, 6.07) is 9.17. The van der Waals surface area contributed by atoms with E-state index in [1.54, 1.807) is 0 Å². The molecule has 18 heavy (non-hydrogen) atoms. The maximum absolute atomic E-state index is 3.77. The largest absolute Gasteiger partial charge is 0.305 e. The Labute approximate surface area is 117 Å². The van der Waals surface area contributed by atoms with Gasteiger partial charge in [-0.3, -0.25) is 0 Å². The zero-order chi connectivity index (χ0) is 12.4. The number of thiophene rings is 2. The monoisotopic (exact) mass is 277 g/mol. The third-order valence-electron chi connectivity index (χ3n) is 3.73.